The van der Waals surface area contributed by atoms with Crippen LogP contribution in [-0.2, 0) is 4.79 Å². The number of carbonyl (C=O) groups is 1. The second-order valence-electron chi connectivity index (χ2n) is 3.00. The van der Waals surface area contributed by atoms with E-state index in [9.17, 15) is 9.90 Å². The van der Waals surface area contributed by atoms with Crippen LogP contribution in [-0.4, -0.2) is 30.9 Å². The maximum absolute atomic E-state index is 11.4. The molecule has 5 heteroatoms. The lowest BCUT2D eigenvalue weighted by Gasteiger charge is -2.22. The number of amides is 1. The van der Waals surface area contributed by atoms with Crippen LogP contribution in [0.2, 0.25) is 0 Å². The van der Waals surface area contributed by atoms with E-state index in [-0.39, 0.29) is 12.3 Å². The summed E-state index contributed by atoms with van der Waals surface area (Å²) in [5, 5.41) is 14.3. The Morgan fingerprint density at radius 1 is 1.57 bits per heavy atom. The van der Waals surface area contributed by atoms with Crippen molar-refractivity contribution in [1.82, 2.24) is 5.32 Å². The van der Waals surface area contributed by atoms with E-state index in [0.29, 0.717) is 13.1 Å². The summed E-state index contributed by atoms with van der Waals surface area (Å²) in [6.07, 6.45) is 0.834. The summed E-state index contributed by atoms with van der Waals surface area (Å²) in [5.41, 5.74) is 5.02. The summed E-state index contributed by atoms with van der Waals surface area (Å²) in [6.45, 7) is 4.92. The van der Waals surface area contributed by atoms with E-state index in [4.69, 9.17) is 5.73 Å². The number of aliphatic imine (C=N–C) groups is 1. The number of nitrogens with zero attached hydrogens (tertiary/aromatic N) is 1. The van der Waals surface area contributed by atoms with Gasteiger partial charge in [-0.1, -0.05) is 13.8 Å². The first-order chi connectivity index (χ1) is 6.61. The molecule has 1 amide bonds. The topological polar surface area (TPSA) is 90.5 Å². The second-order valence-corrected chi connectivity index (χ2v) is 3.00. The zero-order chi connectivity index (χ0) is 11.0. The van der Waals surface area contributed by atoms with Crippen molar-refractivity contribution in [2.45, 2.75) is 32.7 Å². The third-order valence-electron chi connectivity index (χ3n) is 1.65. The molecule has 0 fully saturated rings. The minimum absolute atomic E-state index is 0.0138. The van der Waals surface area contributed by atoms with Gasteiger partial charge in [0.1, 0.15) is 0 Å². The molecule has 0 heterocycles. The number of likely N-dealkylation sites (N-methyl/N-ethyl adjacent to an activating group) is 1. The number of nitrogens with two attached hydrogens (primary N) is 1. The number of hydrogen-bond donors (Lipinski definition) is 2. The van der Waals surface area contributed by atoms with Crippen LogP contribution in [0, 0.1) is 0 Å². The van der Waals surface area contributed by atoms with Gasteiger partial charge in [-0.2, -0.15) is 0 Å². The maximum atomic E-state index is 11.4. The molecule has 0 aliphatic heterocycles. The molecule has 5 nitrogen and oxygen atoms in total. The summed E-state index contributed by atoms with van der Waals surface area (Å²) < 4.78 is 0. The fraction of sp³-hybridized carbons (Fsp3) is 0.778. The van der Waals surface area contributed by atoms with Crippen LogP contribution < -0.4 is 16.2 Å². The molecule has 0 aliphatic carbocycles. The maximum Gasteiger partial charge on any atom is 0.219 e. The molecule has 0 rings (SSSR count). The van der Waals surface area contributed by atoms with Gasteiger partial charge in [0.15, 0.2) is 0 Å². The lowest BCUT2D eigenvalue weighted by atomic mass is 10.2. The number of primary amides is 1. The van der Waals surface area contributed by atoms with Gasteiger partial charge in [0.2, 0.25) is 5.91 Å². The predicted molar refractivity (Wildman–Crippen MR) is 53.9 cm³/mol. The van der Waals surface area contributed by atoms with Crippen LogP contribution in [0.25, 0.3) is 0 Å². The highest BCUT2D eigenvalue weighted by Gasteiger charge is 2.09. The van der Waals surface area contributed by atoms with E-state index in [2.05, 4.69) is 10.3 Å². The average Bonchev–Trinajstić information content (AvgIpc) is 2.13. The van der Waals surface area contributed by atoms with E-state index in [1.54, 1.807) is 0 Å². The quantitative estimate of drug-likeness (QED) is 0.408. The van der Waals surface area contributed by atoms with E-state index < -0.39 is 11.9 Å². The molecule has 14 heavy (non-hydrogen) atoms. The summed E-state index contributed by atoms with van der Waals surface area (Å²) in [5.74, 6) is -0.775. The molecule has 0 aromatic heterocycles. The molecular formula is C9H18N3O2-. The minimum atomic E-state index is -0.552. The molecule has 82 valence electrons. The minimum Gasteiger partial charge on any atom is -0.861 e. The standard InChI is InChI=1S/C9H19N3O2/c1-3-5-12-9(14)7(11-4-2)6-8(10)13/h7,11H,3-6H2,1-2H3,(H2,10,13)(H,12,14)/p-1. The molecule has 1 atom stereocenters. The van der Waals surface area contributed by atoms with Crippen molar-refractivity contribution in [1.29, 1.82) is 0 Å². The lowest BCUT2D eigenvalue weighted by molar-refractivity contribution is -0.221. The molecule has 0 aromatic rings. The Labute approximate surface area is 84.4 Å². The van der Waals surface area contributed by atoms with E-state index >= 15 is 0 Å². The highest BCUT2D eigenvalue weighted by Crippen LogP contribution is 1.92. The highest BCUT2D eigenvalue weighted by atomic mass is 16.3. The number of carbonyl (C=O) groups excluding carboxylic acids is 1. The van der Waals surface area contributed by atoms with Gasteiger partial charge in [-0.25, -0.2) is 0 Å². The third-order valence-corrected chi connectivity index (χ3v) is 1.65. The van der Waals surface area contributed by atoms with Crippen LogP contribution in [0.5, 0.6) is 0 Å². The molecule has 1 unspecified atom stereocenters. The van der Waals surface area contributed by atoms with Crippen molar-refractivity contribution in [2.24, 2.45) is 10.7 Å². The monoisotopic (exact) mass is 200 g/mol. The molecule has 0 radical (unpaired) electrons. The van der Waals surface area contributed by atoms with E-state index in [1.165, 1.54) is 0 Å². The van der Waals surface area contributed by atoms with Crippen LogP contribution in [0.1, 0.15) is 26.7 Å². The van der Waals surface area contributed by atoms with Crippen molar-refractivity contribution in [3.05, 3.63) is 0 Å². The van der Waals surface area contributed by atoms with Gasteiger partial charge in [0.05, 0.1) is 0 Å². The first kappa shape index (κ1) is 12.9. The lowest BCUT2D eigenvalue weighted by Crippen LogP contribution is -2.45. The molecule has 0 saturated carbocycles. The van der Waals surface area contributed by atoms with Crippen molar-refractivity contribution >= 4 is 11.8 Å². The molecule has 0 bridgehead atoms. The Morgan fingerprint density at radius 3 is 2.64 bits per heavy atom. The van der Waals surface area contributed by atoms with E-state index in [1.807, 2.05) is 13.8 Å². The predicted octanol–water partition coefficient (Wildman–Crippen LogP) is -0.991. The van der Waals surface area contributed by atoms with Crippen LogP contribution in [0.4, 0.5) is 0 Å². The van der Waals surface area contributed by atoms with Crippen molar-refractivity contribution in [3.8, 4) is 0 Å². The zero-order valence-electron chi connectivity index (χ0n) is 8.75. The highest BCUT2D eigenvalue weighted by molar-refractivity contribution is 5.85. The summed E-state index contributed by atoms with van der Waals surface area (Å²) in [7, 11) is 0. The zero-order valence-corrected chi connectivity index (χ0v) is 8.75. The summed E-state index contributed by atoms with van der Waals surface area (Å²) >= 11 is 0. The van der Waals surface area contributed by atoms with Gasteiger partial charge in [-0.05, 0) is 18.9 Å². The van der Waals surface area contributed by atoms with Crippen molar-refractivity contribution in [2.75, 3.05) is 13.1 Å². The molecule has 0 saturated heterocycles. The van der Waals surface area contributed by atoms with Gasteiger partial charge in [-0.3, -0.25) is 4.79 Å². The molecule has 0 aromatic carbocycles. The summed E-state index contributed by atoms with van der Waals surface area (Å²) in [4.78, 5) is 14.5. The molecule has 0 aliphatic rings. The van der Waals surface area contributed by atoms with Gasteiger partial charge in [0, 0.05) is 19.0 Å². The largest absolute Gasteiger partial charge is 0.861 e. The summed E-state index contributed by atoms with van der Waals surface area (Å²) in [6, 6.07) is -0.552. The normalized spacial score (nSPS) is 14.0. The van der Waals surface area contributed by atoms with Gasteiger partial charge in [0.25, 0.3) is 0 Å². The first-order valence-electron chi connectivity index (χ1n) is 4.84. The van der Waals surface area contributed by atoms with Crippen molar-refractivity contribution in [3.63, 3.8) is 0 Å². The Morgan fingerprint density at radius 2 is 2.21 bits per heavy atom. The molecular weight excluding hydrogens is 182 g/mol. The number of nitrogens with one attached hydrogen (secondary N) is 1. The van der Waals surface area contributed by atoms with Gasteiger partial charge in [-0.15, -0.1) is 0 Å². The number of rotatable bonds is 7. The SMILES string of the molecule is CCCN=C([O-])C(CC(N)=O)NCC. The van der Waals surface area contributed by atoms with Gasteiger partial charge >= 0.3 is 0 Å². The van der Waals surface area contributed by atoms with Crippen molar-refractivity contribution < 1.29 is 9.90 Å². The van der Waals surface area contributed by atoms with Crippen LogP contribution in [0.3, 0.4) is 0 Å². The Balaban J connectivity index is 4.23. The second kappa shape index (κ2) is 7.32. The average molecular weight is 200 g/mol. The Kier molecular flexibility index (Phi) is 6.74. The molecule has 3 N–H and O–H groups in total. The van der Waals surface area contributed by atoms with E-state index in [0.717, 1.165) is 6.42 Å². The van der Waals surface area contributed by atoms with Crippen LogP contribution in [0.15, 0.2) is 4.99 Å². The first-order valence-corrected chi connectivity index (χ1v) is 4.84. The fourth-order valence-electron chi connectivity index (χ4n) is 1.03. The molecule has 0 spiro atoms. The Bertz CT molecular complexity index is 204. The third kappa shape index (κ3) is 5.53. The fourth-order valence-corrected chi connectivity index (χ4v) is 1.03. The van der Waals surface area contributed by atoms with Crippen LogP contribution >= 0.6 is 0 Å². The Hall–Kier alpha value is -1.10. The van der Waals surface area contributed by atoms with Gasteiger partial charge < -0.3 is 21.1 Å². The number of hydrogen-bond acceptors (Lipinski definition) is 4. The smallest absolute Gasteiger partial charge is 0.219 e.